The standard InChI is InChI=1S/C17H16N2O2/c1-12(15-8-3-4-9-16(15)20)19(2)17(21)14-7-5-6-13(10-14)11-18/h3-10,12,20H,1-2H3. The van der Waals surface area contributed by atoms with Crippen LogP contribution in [-0.2, 0) is 0 Å². The smallest absolute Gasteiger partial charge is 0.254 e. The van der Waals surface area contributed by atoms with Gasteiger partial charge in [0.2, 0.25) is 0 Å². The number of hydrogen-bond acceptors (Lipinski definition) is 3. The topological polar surface area (TPSA) is 64.3 Å². The number of amides is 1. The van der Waals surface area contributed by atoms with Gasteiger partial charge < -0.3 is 10.0 Å². The van der Waals surface area contributed by atoms with Crippen molar-refractivity contribution < 1.29 is 9.90 Å². The molecule has 0 aliphatic carbocycles. The van der Waals surface area contributed by atoms with Crippen LogP contribution in [0.4, 0.5) is 0 Å². The predicted molar refractivity (Wildman–Crippen MR) is 79.8 cm³/mol. The minimum Gasteiger partial charge on any atom is -0.508 e. The Morgan fingerprint density at radius 3 is 2.62 bits per heavy atom. The molecule has 4 heteroatoms. The summed E-state index contributed by atoms with van der Waals surface area (Å²) in [6.07, 6.45) is 0. The maximum Gasteiger partial charge on any atom is 0.254 e. The van der Waals surface area contributed by atoms with Gasteiger partial charge in [0, 0.05) is 18.2 Å². The van der Waals surface area contributed by atoms with Crippen LogP contribution in [-0.4, -0.2) is 23.0 Å². The van der Waals surface area contributed by atoms with Crippen LogP contribution in [0.15, 0.2) is 48.5 Å². The molecule has 0 aliphatic rings. The van der Waals surface area contributed by atoms with Crippen LogP contribution in [0.25, 0.3) is 0 Å². The third-order valence-corrected chi connectivity index (χ3v) is 3.53. The molecule has 1 unspecified atom stereocenters. The minimum absolute atomic E-state index is 0.162. The Morgan fingerprint density at radius 2 is 1.95 bits per heavy atom. The van der Waals surface area contributed by atoms with E-state index in [0.29, 0.717) is 16.7 Å². The number of carbonyl (C=O) groups excluding carboxylic acids is 1. The number of para-hydroxylation sites is 1. The van der Waals surface area contributed by atoms with Crippen LogP contribution in [0.1, 0.15) is 34.5 Å². The van der Waals surface area contributed by atoms with Crippen LogP contribution in [0.5, 0.6) is 5.75 Å². The average Bonchev–Trinajstić information content (AvgIpc) is 2.53. The van der Waals surface area contributed by atoms with Gasteiger partial charge in [0.25, 0.3) is 5.91 Å². The number of phenols is 1. The fourth-order valence-corrected chi connectivity index (χ4v) is 2.15. The molecule has 21 heavy (non-hydrogen) atoms. The molecule has 2 rings (SSSR count). The summed E-state index contributed by atoms with van der Waals surface area (Å²) in [6.45, 7) is 1.85. The van der Waals surface area contributed by atoms with Crippen LogP contribution in [0.3, 0.4) is 0 Å². The van der Waals surface area contributed by atoms with Crippen molar-refractivity contribution in [1.82, 2.24) is 4.90 Å². The quantitative estimate of drug-likeness (QED) is 0.939. The molecule has 1 N–H and O–H groups in total. The number of carbonyl (C=O) groups is 1. The number of rotatable bonds is 3. The average molecular weight is 280 g/mol. The van der Waals surface area contributed by atoms with Crippen LogP contribution >= 0.6 is 0 Å². The SMILES string of the molecule is CC(c1ccccc1O)N(C)C(=O)c1cccc(C#N)c1. The van der Waals surface area contributed by atoms with Crippen molar-refractivity contribution in [3.05, 3.63) is 65.2 Å². The molecule has 2 aromatic rings. The van der Waals surface area contributed by atoms with Gasteiger partial charge in [-0.25, -0.2) is 0 Å². The highest BCUT2D eigenvalue weighted by molar-refractivity contribution is 5.94. The van der Waals surface area contributed by atoms with E-state index in [9.17, 15) is 9.90 Å². The lowest BCUT2D eigenvalue weighted by molar-refractivity contribution is 0.0741. The van der Waals surface area contributed by atoms with Gasteiger partial charge in [-0.3, -0.25) is 4.79 Å². The van der Waals surface area contributed by atoms with Crippen molar-refractivity contribution in [2.75, 3.05) is 7.05 Å². The largest absolute Gasteiger partial charge is 0.508 e. The summed E-state index contributed by atoms with van der Waals surface area (Å²) < 4.78 is 0. The van der Waals surface area contributed by atoms with Gasteiger partial charge in [-0.15, -0.1) is 0 Å². The zero-order valence-electron chi connectivity index (χ0n) is 11.9. The van der Waals surface area contributed by atoms with Gasteiger partial charge in [-0.1, -0.05) is 24.3 Å². The number of benzene rings is 2. The second kappa shape index (κ2) is 6.10. The van der Waals surface area contributed by atoms with Crippen molar-refractivity contribution >= 4 is 5.91 Å². The lowest BCUT2D eigenvalue weighted by atomic mass is 10.0. The second-order valence-electron chi connectivity index (χ2n) is 4.84. The third kappa shape index (κ3) is 3.03. The first-order valence-electron chi connectivity index (χ1n) is 6.60. The fourth-order valence-electron chi connectivity index (χ4n) is 2.15. The van der Waals surface area contributed by atoms with Crippen molar-refractivity contribution in [2.24, 2.45) is 0 Å². The van der Waals surface area contributed by atoms with Crippen LogP contribution in [0, 0.1) is 11.3 Å². The molecule has 0 spiro atoms. The molecule has 0 heterocycles. The Morgan fingerprint density at radius 1 is 1.24 bits per heavy atom. The van der Waals surface area contributed by atoms with Crippen LogP contribution in [0.2, 0.25) is 0 Å². The van der Waals surface area contributed by atoms with E-state index in [4.69, 9.17) is 5.26 Å². The molecule has 1 atom stereocenters. The van der Waals surface area contributed by atoms with E-state index >= 15 is 0 Å². The highest BCUT2D eigenvalue weighted by Gasteiger charge is 2.21. The maximum atomic E-state index is 12.5. The Labute approximate surface area is 123 Å². The first-order valence-corrected chi connectivity index (χ1v) is 6.60. The summed E-state index contributed by atoms with van der Waals surface area (Å²) in [4.78, 5) is 14.0. The van der Waals surface area contributed by atoms with Gasteiger partial charge in [0.1, 0.15) is 5.75 Å². The summed E-state index contributed by atoms with van der Waals surface area (Å²) in [5, 5.41) is 18.8. The Bertz CT molecular complexity index is 704. The summed E-state index contributed by atoms with van der Waals surface area (Å²) >= 11 is 0. The van der Waals surface area contributed by atoms with Gasteiger partial charge in [0.05, 0.1) is 17.7 Å². The van der Waals surface area contributed by atoms with Crippen molar-refractivity contribution in [3.63, 3.8) is 0 Å². The molecule has 0 aliphatic heterocycles. The molecule has 0 saturated carbocycles. The monoisotopic (exact) mass is 280 g/mol. The number of nitriles is 1. The lowest BCUT2D eigenvalue weighted by Gasteiger charge is -2.26. The Balaban J connectivity index is 2.27. The normalized spacial score (nSPS) is 11.5. The first-order chi connectivity index (χ1) is 10.0. The highest BCUT2D eigenvalue weighted by atomic mass is 16.3. The van der Waals surface area contributed by atoms with E-state index in [1.54, 1.807) is 54.4 Å². The number of aromatic hydroxyl groups is 1. The fraction of sp³-hybridized carbons (Fsp3) is 0.176. The minimum atomic E-state index is -0.274. The van der Waals surface area contributed by atoms with Gasteiger partial charge in [0.15, 0.2) is 0 Å². The van der Waals surface area contributed by atoms with E-state index in [1.165, 1.54) is 0 Å². The van der Waals surface area contributed by atoms with E-state index in [2.05, 4.69) is 0 Å². The van der Waals surface area contributed by atoms with E-state index in [0.717, 1.165) is 0 Å². The Hall–Kier alpha value is -2.80. The third-order valence-electron chi connectivity index (χ3n) is 3.53. The Kier molecular flexibility index (Phi) is 4.24. The van der Waals surface area contributed by atoms with E-state index < -0.39 is 0 Å². The molecule has 1 amide bonds. The first kappa shape index (κ1) is 14.6. The molecule has 0 saturated heterocycles. The molecule has 4 nitrogen and oxygen atoms in total. The van der Waals surface area contributed by atoms with Crippen molar-refractivity contribution in [2.45, 2.75) is 13.0 Å². The van der Waals surface area contributed by atoms with Gasteiger partial charge in [-0.05, 0) is 31.2 Å². The predicted octanol–water partition coefficient (Wildman–Crippen LogP) is 3.10. The summed E-state index contributed by atoms with van der Waals surface area (Å²) in [5.41, 5.74) is 1.59. The van der Waals surface area contributed by atoms with Gasteiger partial charge >= 0.3 is 0 Å². The van der Waals surface area contributed by atoms with Crippen LogP contribution < -0.4 is 0 Å². The van der Waals surface area contributed by atoms with Crippen molar-refractivity contribution in [1.29, 1.82) is 5.26 Å². The molecule has 106 valence electrons. The maximum absolute atomic E-state index is 12.5. The second-order valence-corrected chi connectivity index (χ2v) is 4.84. The molecule has 2 aromatic carbocycles. The number of nitrogens with zero attached hydrogens (tertiary/aromatic N) is 2. The summed E-state index contributed by atoms with van der Waals surface area (Å²) in [5.74, 6) is -0.0294. The summed E-state index contributed by atoms with van der Waals surface area (Å²) in [7, 11) is 1.68. The van der Waals surface area contributed by atoms with Gasteiger partial charge in [-0.2, -0.15) is 5.26 Å². The zero-order valence-corrected chi connectivity index (χ0v) is 11.9. The zero-order chi connectivity index (χ0) is 15.4. The lowest BCUT2D eigenvalue weighted by Crippen LogP contribution is -2.29. The highest BCUT2D eigenvalue weighted by Crippen LogP contribution is 2.28. The molecular formula is C17H16N2O2. The van der Waals surface area contributed by atoms with E-state index in [1.807, 2.05) is 19.1 Å². The van der Waals surface area contributed by atoms with Crippen molar-refractivity contribution in [3.8, 4) is 11.8 Å². The number of hydrogen-bond donors (Lipinski definition) is 1. The molecule has 0 radical (unpaired) electrons. The molecule has 0 aromatic heterocycles. The number of phenolic OH excluding ortho intramolecular Hbond substituents is 1. The molecule has 0 bridgehead atoms. The summed E-state index contributed by atoms with van der Waals surface area (Å²) in [6, 6.07) is 15.3. The molecular weight excluding hydrogens is 264 g/mol. The van der Waals surface area contributed by atoms with E-state index in [-0.39, 0.29) is 17.7 Å². The molecule has 0 fully saturated rings.